The third kappa shape index (κ3) is 7.96. The molecule has 3 rings (SSSR count). The predicted molar refractivity (Wildman–Crippen MR) is 142 cm³/mol. The first-order chi connectivity index (χ1) is 18.3. The van der Waals surface area contributed by atoms with E-state index in [4.69, 9.17) is 9.47 Å². The van der Waals surface area contributed by atoms with Crippen molar-refractivity contribution in [3.05, 3.63) is 98.0 Å². The van der Waals surface area contributed by atoms with Gasteiger partial charge in [-0.25, -0.2) is 10.2 Å². The molecule has 38 heavy (non-hydrogen) atoms. The number of methoxy groups -OCH3 is 1. The zero-order valence-corrected chi connectivity index (χ0v) is 21.8. The standard InChI is InChI=1S/C26H23BrN4O7/c1-37-23-14-17(11-12-22(23)38-26(34)20-8-2-3-9-21(20)27)16-29-30-24(32)10-5-13-28-25(33)18-6-4-7-19(15-18)31(35)36/h2-4,6-9,11-12,14-16H,5,10,13H2,1H3,(H,28,33)(H,30,32). The Labute approximate surface area is 226 Å². The zero-order chi connectivity index (χ0) is 27.5. The molecule has 0 saturated carbocycles. The number of rotatable bonds is 11. The first kappa shape index (κ1) is 28.0. The summed E-state index contributed by atoms with van der Waals surface area (Å²) < 4.78 is 11.4. The smallest absolute Gasteiger partial charge is 0.344 e. The molecule has 0 atom stereocenters. The van der Waals surface area contributed by atoms with E-state index in [0.29, 0.717) is 27.8 Å². The Balaban J connectivity index is 1.45. The summed E-state index contributed by atoms with van der Waals surface area (Å²) in [4.78, 5) is 46.9. The van der Waals surface area contributed by atoms with Crippen LogP contribution < -0.4 is 20.2 Å². The number of halogens is 1. The quantitative estimate of drug-likeness (QED) is 0.0856. The van der Waals surface area contributed by atoms with E-state index in [9.17, 15) is 24.5 Å². The fourth-order valence-corrected chi connectivity index (χ4v) is 3.63. The molecule has 0 spiro atoms. The summed E-state index contributed by atoms with van der Waals surface area (Å²) in [5.41, 5.74) is 3.34. The number of esters is 1. The van der Waals surface area contributed by atoms with Gasteiger partial charge in [0.25, 0.3) is 11.6 Å². The highest BCUT2D eigenvalue weighted by Crippen LogP contribution is 2.29. The topological polar surface area (TPSA) is 149 Å². The van der Waals surface area contributed by atoms with Crippen LogP contribution >= 0.6 is 15.9 Å². The molecule has 0 aromatic heterocycles. The summed E-state index contributed by atoms with van der Waals surface area (Å²) in [6, 6.07) is 17.1. The van der Waals surface area contributed by atoms with Crippen LogP contribution in [0.4, 0.5) is 5.69 Å². The van der Waals surface area contributed by atoms with Crippen molar-refractivity contribution in [2.45, 2.75) is 12.8 Å². The highest BCUT2D eigenvalue weighted by Gasteiger charge is 2.15. The summed E-state index contributed by atoms with van der Waals surface area (Å²) in [6.45, 7) is 0.204. The van der Waals surface area contributed by atoms with Crippen LogP contribution in [0, 0.1) is 10.1 Å². The molecule has 0 heterocycles. The molecule has 3 aromatic rings. The fourth-order valence-electron chi connectivity index (χ4n) is 3.18. The lowest BCUT2D eigenvalue weighted by Crippen LogP contribution is -2.26. The molecule has 0 aliphatic carbocycles. The maximum Gasteiger partial charge on any atom is 0.344 e. The number of non-ortho nitro benzene ring substituents is 1. The van der Waals surface area contributed by atoms with Gasteiger partial charge in [0.15, 0.2) is 11.5 Å². The normalized spacial score (nSPS) is 10.6. The summed E-state index contributed by atoms with van der Waals surface area (Å²) in [6.07, 6.45) is 1.84. The molecule has 0 unspecified atom stereocenters. The van der Waals surface area contributed by atoms with Crippen LogP contribution in [0.2, 0.25) is 0 Å². The third-order valence-electron chi connectivity index (χ3n) is 5.07. The first-order valence-corrected chi connectivity index (χ1v) is 12.1. The Morgan fingerprint density at radius 3 is 2.58 bits per heavy atom. The first-order valence-electron chi connectivity index (χ1n) is 11.3. The monoisotopic (exact) mass is 582 g/mol. The number of carbonyl (C=O) groups is 3. The largest absolute Gasteiger partial charge is 0.493 e. The molecule has 12 heteroatoms. The maximum atomic E-state index is 12.5. The van der Waals surface area contributed by atoms with Gasteiger partial charge in [-0.3, -0.25) is 19.7 Å². The number of carbonyl (C=O) groups excluding carboxylic acids is 3. The van der Waals surface area contributed by atoms with Gasteiger partial charge >= 0.3 is 5.97 Å². The van der Waals surface area contributed by atoms with Gasteiger partial charge in [-0.15, -0.1) is 0 Å². The van der Waals surface area contributed by atoms with Crippen molar-refractivity contribution in [1.29, 1.82) is 0 Å². The van der Waals surface area contributed by atoms with Crippen LogP contribution in [0.3, 0.4) is 0 Å². The van der Waals surface area contributed by atoms with Crippen LogP contribution in [0.25, 0.3) is 0 Å². The SMILES string of the molecule is COc1cc(C=NNC(=O)CCCNC(=O)c2cccc([N+](=O)[O-])c2)ccc1OC(=O)c1ccccc1Br. The van der Waals surface area contributed by atoms with Crippen molar-refractivity contribution >= 4 is 45.6 Å². The highest BCUT2D eigenvalue weighted by atomic mass is 79.9. The second-order valence-electron chi connectivity index (χ2n) is 7.74. The van der Waals surface area contributed by atoms with Gasteiger partial charge in [-0.05, 0) is 64.3 Å². The number of hydrazone groups is 1. The molecule has 196 valence electrons. The van der Waals surface area contributed by atoms with Gasteiger partial charge in [0.05, 0.1) is 23.8 Å². The summed E-state index contributed by atoms with van der Waals surface area (Å²) in [7, 11) is 1.44. The highest BCUT2D eigenvalue weighted by molar-refractivity contribution is 9.10. The van der Waals surface area contributed by atoms with E-state index in [-0.39, 0.29) is 35.9 Å². The number of nitrogens with zero attached hydrogens (tertiary/aromatic N) is 2. The summed E-state index contributed by atoms with van der Waals surface area (Å²) in [5, 5.41) is 17.3. The van der Waals surface area contributed by atoms with Crippen molar-refractivity contribution < 1.29 is 28.8 Å². The van der Waals surface area contributed by atoms with E-state index in [0.717, 1.165) is 0 Å². The van der Waals surface area contributed by atoms with E-state index >= 15 is 0 Å². The number of ether oxygens (including phenoxy) is 2. The lowest BCUT2D eigenvalue weighted by atomic mass is 10.2. The molecular weight excluding hydrogens is 560 g/mol. The molecule has 0 aliphatic rings. The Kier molecular flexibility index (Phi) is 10.1. The molecule has 0 fully saturated rings. The Bertz CT molecular complexity index is 1380. The number of amides is 2. The van der Waals surface area contributed by atoms with Gasteiger partial charge < -0.3 is 14.8 Å². The molecule has 0 bridgehead atoms. The molecule has 2 N–H and O–H groups in total. The van der Waals surface area contributed by atoms with Gasteiger partial charge in [0.1, 0.15) is 0 Å². The Hall–Kier alpha value is -4.58. The molecule has 2 amide bonds. The van der Waals surface area contributed by atoms with Crippen molar-refractivity contribution in [3.63, 3.8) is 0 Å². The average molecular weight is 583 g/mol. The van der Waals surface area contributed by atoms with Crippen LogP contribution in [0.5, 0.6) is 11.5 Å². The average Bonchev–Trinajstić information content (AvgIpc) is 2.92. The molecule has 0 radical (unpaired) electrons. The van der Waals surface area contributed by atoms with Gasteiger partial charge in [0, 0.05) is 35.1 Å². The number of nitrogens with one attached hydrogen (secondary N) is 2. The molecule has 0 saturated heterocycles. The Morgan fingerprint density at radius 1 is 1.05 bits per heavy atom. The van der Waals surface area contributed by atoms with Crippen molar-refractivity contribution in [1.82, 2.24) is 10.7 Å². The fraction of sp³-hybridized carbons (Fsp3) is 0.154. The number of hydrogen-bond donors (Lipinski definition) is 2. The van der Waals surface area contributed by atoms with Crippen LogP contribution in [0.15, 0.2) is 76.3 Å². The second kappa shape index (κ2) is 13.7. The lowest BCUT2D eigenvalue weighted by molar-refractivity contribution is -0.384. The van der Waals surface area contributed by atoms with Crippen LogP contribution in [-0.4, -0.2) is 42.6 Å². The van der Waals surface area contributed by atoms with Crippen LogP contribution in [0.1, 0.15) is 39.1 Å². The van der Waals surface area contributed by atoms with E-state index in [2.05, 4.69) is 31.8 Å². The minimum atomic E-state index is -0.577. The summed E-state index contributed by atoms with van der Waals surface area (Å²) >= 11 is 3.32. The second-order valence-corrected chi connectivity index (χ2v) is 8.59. The van der Waals surface area contributed by atoms with Crippen LogP contribution in [-0.2, 0) is 4.79 Å². The minimum Gasteiger partial charge on any atom is -0.493 e. The van der Waals surface area contributed by atoms with E-state index < -0.39 is 16.8 Å². The number of nitro groups is 1. The van der Waals surface area contributed by atoms with Crippen molar-refractivity contribution in [3.8, 4) is 11.5 Å². The number of benzene rings is 3. The van der Waals surface area contributed by atoms with E-state index in [1.54, 1.807) is 42.5 Å². The number of nitro benzene ring substituents is 1. The molecule has 11 nitrogen and oxygen atoms in total. The predicted octanol–water partition coefficient (Wildman–Crippen LogP) is 4.25. The number of hydrogen-bond acceptors (Lipinski definition) is 8. The third-order valence-corrected chi connectivity index (χ3v) is 5.76. The van der Waals surface area contributed by atoms with Crippen molar-refractivity contribution in [2.24, 2.45) is 5.10 Å². The molecule has 0 aliphatic heterocycles. The maximum absolute atomic E-state index is 12.5. The van der Waals surface area contributed by atoms with E-state index in [1.807, 2.05) is 0 Å². The van der Waals surface area contributed by atoms with Gasteiger partial charge in [0.2, 0.25) is 5.91 Å². The van der Waals surface area contributed by atoms with Gasteiger partial charge in [-0.2, -0.15) is 5.10 Å². The molecular formula is C26H23BrN4O7. The van der Waals surface area contributed by atoms with Crippen molar-refractivity contribution in [2.75, 3.05) is 13.7 Å². The minimum absolute atomic E-state index is 0.0970. The zero-order valence-electron chi connectivity index (χ0n) is 20.2. The Morgan fingerprint density at radius 2 is 1.84 bits per heavy atom. The molecule has 3 aromatic carbocycles. The summed E-state index contributed by atoms with van der Waals surface area (Å²) in [5.74, 6) is -0.851. The van der Waals surface area contributed by atoms with E-state index in [1.165, 1.54) is 37.6 Å². The van der Waals surface area contributed by atoms with Gasteiger partial charge in [-0.1, -0.05) is 18.2 Å². The lowest BCUT2D eigenvalue weighted by Gasteiger charge is -2.10.